The van der Waals surface area contributed by atoms with Gasteiger partial charge < -0.3 is 4.90 Å². The zero-order valence-electron chi connectivity index (χ0n) is 12.5. The fraction of sp³-hybridized carbons (Fsp3) is 0.286. The summed E-state index contributed by atoms with van der Waals surface area (Å²) < 4.78 is 0. The van der Waals surface area contributed by atoms with Crippen molar-refractivity contribution in [3.63, 3.8) is 0 Å². The van der Waals surface area contributed by atoms with Crippen LogP contribution in [0.5, 0.6) is 0 Å². The number of thiazole rings is 1. The molecule has 0 radical (unpaired) electrons. The van der Waals surface area contributed by atoms with Gasteiger partial charge in [-0.2, -0.15) is 0 Å². The molecule has 0 aliphatic heterocycles. The topological polar surface area (TPSA) is 88.4 Å². The summed E-state index contributed by atoms with van der Waals surface area (Å²) in [6.45, 7) is 2.24. The fourth-order valence-corrected chi connectivity index (χ4v) is 2.69. The fourth-order valence-electron chi connectivity index (χ4n) is 1.99. The normalized spacial score (nSPS) is 10.7. The summed E-state index contributed by atoms with van der Waals surface area (Å²) in [6, 6.07) is 4.44. The van der Waals surface area contributed by atoms with Gasteiger partial charge in [-0.05, 0) is 27.1 Å². The van der Waals surface area contributed by atoms with Crippen LogP contribution < -0.4 is 5.32 Å². The highest BCUT2D eigenvalue weighted by Gasteiger charge is 2.18. The minimum absolute atomic E-state index is 0.0694. The molecule has 0 fully saturated rings. The molecule has 2 rings (SSSR count). The van der Waals surface area contributed by atoms with Crippen molar-refractivity contribution in [3.05, 3.63) is 50.5 Å². The molecule has 1 N–H and O–H groups in total. The van der Waals surface area contributed by atoms with E-state index in [9.17, 15) is 14.9 Å². The number of nitro benzene ring substituents is 1. The van der Waals surface area contributed by atoms with Gasteiger partial charge in [0.2, 0.25) is 0 Å². The van der Waals surface area contributed by atoms with E-state index >= 15 is 0 Å². The summed E-state index contributed by atoms with van der Waals surface area (Å²) in [5.74, 6) is -0.396. The third kappa shape index (κ3) is 3.66. The number of carbonyl (C=O) groups is 1. The number of rotatable bonds is 5. The SMILES string of the molecule is Cc1c(C(=O)Nc2nc(CN(C)C)cs2)cccc1[N+](=O)[O-]. The molecule has 1 heterocycles. The summed E-state index contributed by atoms with van der Waals surface area (Å²) in [5.41, 5.74) is 1.41. The first-order valence-corrected chi connectivity index (χ1v) is 7.41. The Kier molecular flexibility index (Phi) is 4.84. The Morgan fingerprint density at radius 1 is 1.45 bits per heavy atom. The van der Waals surface area contributed by atoms with E-state index in [1.807, 2.05) is 24.4 Å². The van der Waals surface area contributed by atoms with Gasteiger partial charge >= 0.3 is 0 Å². The average molecular weight is 320 g/mol. The number of anilines is 1. The number of amides is 1. The first-order valence-electron chi connectivity index (χ1n) is 6.53. The van der Waals surface area contributed by atoms with Crippen molar-refractivity contribution >= 4 is 28.1 Å². The second kappa shape index (κ2) is 6.63. The Labute approximate surface area is 131 Å². The first kappa shape index (κ1) is 16.1. The molecule has 2 aromatic rings. The van der Waals surface area contributed by atoms with Crippen molar-refractivity contribution < 1.29 is 9.72 Å². The van der Waals surface area contributed by atoms with Crippen LogP contribution in [0.15, 0.2) is 23.6 Å². The average Bonchev–Trinajstić information content (AvgIpc) is 2.84. The molecule has 116 valence electrons. The molecule has 0 bridgehead atoms. The molecular formula is C14H16N4O3S. The second-order valence-electron chi connectivity index (χ2n) is 5.04. The lowest BCUT2D eigenvalue weighted by molar-refractivity contribution is -0.385. The number of nitrogens with one attached hydrogen (secondary N) is 1. The summed E-state index contributed by atoms with van der Waals surface area (Å²) in [5, 5.41) is 16.0. The summed E-state index contributed by atoms with van der Waals surface area (Å²) in [6.07, 6.45) is 0. The molecule has 0 saturated carbocycles. The minimum atomic E-state index is -0.495. The van der Waals surface area contributed by atoms with Gasteiger partial charge in [0.15, 0.2) is 5.13 Å². The molecule has 0 unspecified atom stereocenters. The number of carbonyl (C=O) groups excluding carboxylic acids is 1. The van der Waals surface area contributed by atoms with Crippen molar-refractivity contribution in [3.8, 4) is 0 Å². The maximum atomic E-state index is 12.3. The van der Waals surface area contributed by atoms with Crippen LogP contribution in [0, 0.1) is 17.0 Å². The largest absolute Gasteiger partial charge is 0.304 e. The maximum Gasteiger partial charge on any atom is 0.273 e. The molecule has 0 aliphatic rings. The highest BCUT2D eigenvalue weighted by molar-refractivity contribution is 7.13. The summed E-state index contributed by atoms with van der Waals surface area (Å²) in [7, 11) is 3.87. The van der Waals surface area contributed by atoms with Crippen LogP contribution in [0.4, 0.5) is 10.8 Å². The van der Waals surface area contributed by atoms with Crippen LogP contribution in [0.2, 0.25) is 0 Å². The molecule has 0 saturated heterocycles. The number of aromatic nitrogens is 1. The molecule has 8 heteroatoms. The number of hydrogen-bond acceptors (Lipinski definition) is 6. The Morgan fingerprint density at radius 2 is 2.18 bits per heavy atom. The number of benzene rings is 1. The predicted octanol–water partition coefficient (Wildman–Crippen LogP) is 2.67. The van der Waals surface area contributed by atoms with E-state index in [2.05, 4.69) is 10.3 Å². The van der Waals surface area contributed by atoms with Gasteiger partial charge in [-0.25, -0.2) is 4.98 Å². The van der Waals surface area contributed by atoms with Crippen molar-refractivity contribution in [1.82, 2.24) is 9.88 Å². The van der Waals surface area contributed by atoms with Crippen molar-refractivity contribution in [1.29, 1.82) is 0 Å². The smallest absolute Gasteiger partial charge is 0.273 e. The highest BCUT2D eigenvalue weighted by atomic mass is 32.1. The van der Waals surface area contributed by atoms with Gasteiger partial charge in [-0.1, -0.05) is 6.07 Å². The second-order valence-corrected chi connectivity index (χ2v) is 5.90. The van der Waals surface area contributed by atoms with E-state index in [1.54, 1.807) is 13.0 Å². The Bertz CT molecular complexity index is 712. The van der Waals surface area contributed by atoms with E-state index in [-0.39, 0.29) is 11.3 Å². The maximum absolute atomic E-state index is 12.3. The molecule has 7 nitrogen and oxygen atoms in total. The van der Waals surface area contributed by atoms with E-state index in [0.717, 1.165) is 5.69 Å². The van der Waals surface area contributed by atoms with E-state index in [0.29, 0.717) is 17.2 Å². The Morgan fingerprint density at radius 3 is 2.82 bits per heavy atom. The van der Waals surface area contributed by atoms with Crippen LogP contribution in [-0.4, -0.2) is 34.8 Å². The molecule has 1 amide bonds. The van der Waals surface area contributed by atoms with Crippen molar-refractivity contribution in [2.45, 2.75) is 13.5 Å². The lowest BCUT2D eigenvalue weighted by Crippen LogP contribution is -2.14. The molecule has 1 aromatic carbocycles. The van der Waals surface area contributed by atoms with Crippen LogP contribution in [0.1, 0.15) is 21.6 Å². The third-order valence-corrected chi connectivity index (χ3v) is 3.80. The molecule has 0 aliphatic carbocycles. The molecule has 0 spiro atoms. The lowest BCUT2D eigenvalue weighted by atomic mass is 10.1. The van der Waals surface area contributed by atoms with Gasteiger partial charge in [0.1, 0.15) is 0 Å². The summed E-state index contributed by atoms with van der Waals surface area (Å²) in [4.78, 5) is 29.0. The quantitative estimate of drug-likeness (QED) is 0.676. The Balaban J connectivity index is 2.17. The molecule has 22 heavy (non-hydrogen) atoms. The van der Waals surface area contributed by atoms with Gasteiger partial charge in [0.05, 0.1) is 10.6 Å². The minimum Gasteiger partial charge on any atom is -0.304 e. The molecular weight excluding hydrogens is 304 g/mol. The number of nitro groups is 1. The molecule has 1 aromatic heterocycles. The standard InChI is InChI=1S/C14H16N4O3S/c1-9-11(5-4-6-12(9)18(20)21)13(19)16-14-15-10(8-22-14)7-17(2)3/h4-6,8H,7H2,1-3H3,(H,15,16,19). The van der Waals surface area contributed by atoms with Gasteiger partial charge in [0.25, 0.3) is 11.6 Å². The van der Waals surface area contributed by atoms with Crippen LogP contribution in [0.25, 0.3) is 0 Å². The van der Waals surface area contributed by atoms with Gasteiger partial charge in [-0.15, -0.1) is 11.3 Å². The van der Waals surface area contributed by atoms with Crippen LogP contribution in [0.3, 0.4) is 0 Å². The van der Waals surface area contributed by atoms with Crippen LogP contribution >= 0.6 is 11.3 Å². The zero-order valence-corrected chi connectivity index (χ0v) is 13.3. The van der Waals surface area contributed by atoms with E-state index in [1.165, 1.54) is 23.5 Å². The van der Waals surface area contributed by atoms with Crippen molar-refractivity contribution in [2.75, 3.05) is 19.4 Å². The van der Waals surface area contributed by atoms with Gasteiger partial charge in [0, 0.05) is 29.1 Å². The van der Waals surface area contributed by atoms with Gasteiger partial charge in [-0.3, -0.25) is 20.2 Å². The molecule has 0 atom stereocenters. The van der Waals surface area contributed by atoms with E-state index in [4.69, 9.17) is 0 Å². The lowest BCUT2D eigenvalue weighted by Gasteiger charge is -2.06. The Hall–Kier alpha value is -2.32. The monoisotopic (exact) mass is 320 g/mol. The highest BCUT2D eigenvalue weighted by Crippen LogP contribution is 2.23. The van der Waals surface area contributed by atoms with E-state index < -0.39 is 10.8 Å². The van der Waals surface area contributed by atoms with Crippen LogP contribution in [-0.2, 0) is 6.54 Å². The predicted molar refractivity (Wildman–Crippen MR) is 85.3 cm³/mol. The first-order chi connectivity index (χ1) is 10.4. The number of hydrogen-bond donors (Lipinski definition) is 1. The zero-order chi connectivity index (χ0) is 16.3. The van der Waals surface area contributed by atoms with Crippen molar-refractivity contribution in [2.24, 2.45) is 0 Å². The summed E-state index contributed by atoms with van der Waals surface area (Å²) >= 11 is 1.33. The number of nitrogens with zero attached hydrogens (tertiary/aromatic N) is 3. The third-order valence-electron chi connectivity index (χ3n) is 3.00.